The van der Waals surface area contributed by atoms with Crippen molar-refractivity contribution < 1.29 is 9.47 Å². The Labute approximate surface area is 175 Å². The Morgan fingerprint density at radius 2 is 2.10 bits per heavy atom. The highest BCUT2D eigenvalue weighted by Gasteiger charge is 2.38. The second-order valence-electron chi connectivity index (χ2n) is 8.66. The first-order chi connectivity index (χ1) is 14.8. The van der Waals surface area contributed by atoms with Gasteiger partial charge in [-0.3, -0.25) is 4.90 Å². The highest BCUT2D eigenvalue weighted by Crippen LogP contribution is 2.42. The van der Waals surface area contributed by atoms with Gasteiger partial charge in [0.1, 0.15) is 30.1 Å². The SMILES string of the molecule is CO[C@@H]1CCN([C@H]2COc3ccccc3[C@@H]2Nc2ncnc3[nH]c(C4CC4)cc23)C1. The molecule has 156 valence electrons. The van der Waals surface area contributed by atoms with Gasteiger partial charge in [-0.15, -0.1) is 0 Å². The molecule has 0 bridgehead atoms. The summed E-state index contributed by atoms with van der Waals surface area (Å²) in [5, 5.41) is 4.85. The van der Waals surface area contributed by atoms with Crippen molar-refractivity contribution in [2.45, 2.75) is 43.4 Å². The smallest absolute Gasteiger partial charge is 0.143 e. The molecule has 0 radical (unpaired) electrons. The molecule has 3 aliphatic rings. The molecule has 6 rings (SSSR count). The quantitative estimate of drug-likeness (QED) is 0.677. The van der Waals surface area contributed by atoms with Crippen LogP contribution in [0.1, 0.15) is 42.5 Å². The van der Waals surface area contributed by atoms with Crippen molar-refractivity contribution in [1.29, 1.82) is 0 Å². The van der Waals surface area contributed by atoms with Crippen LogP contribution in [0.25, 0.3) is 11.0 Å². The van der Waals surface area contributed by atoms with E-state index in [4.69, 9.17) is 9.47 Å². The number of H-pyrrole nitrogens is 1. The van der Waals surface area contributed by atoms with Crippen molar-refractivity contribution in [2.75, 3.05) is 32.1 Å². The van der Waals surface area contributed by atoms with Gasteiger partial charge in [-0.2, -0.15) is 0 Å². The first-order valence-electron chi connectivity index (χ1n) is 10.9. The number of ether oxygens (including phenoxy) is 2. The largest absolute Gasteiger partial charge is 0.491 e. The Morgan fingerprint density at radius 1 is 1.20 bits per heavy atom. The molecule has 3 aromatic rings. The lowest BCUT2D eigenvalue weighted by atomic mass is 9.95. The van der Waals surface area contributed by atoms with Crippen LogP contribution in [0.3, 0.4) is 0 Å². The van der Waals surface area contributed by atoms with Crippen LogP contribution < -0.4 is 10.1 Å². The summed E-state index contributed by atoms with van der Waals surface area (Å²) in [5.74, 6) is 2.49. The van der Waals surface area contributed by atoms with E-state index in [2.05, 4.69) is 49.4 Å². The number of nitrogens with one attached hydrogen (secondary N) is 2. The number of likely N-dealkylation sites (tertiary alicyclic amines) is 1. The number of benzene rings is 1. The summed E-state index contributed by atoms with van der Waals surface area (Å²) in [6.45, 7) is 2.60. The molecule has 1 aromatic carbocycles. The maximum absolute atomic E-state index is 6.16. The molecule has 1 saturated carbocycles. The Bertz CT molecular complexity index is 1060. The summed E-state index contributed by atoms with van der Waals surface area (Å²) in [6.07, 6.45) is 5.51. The van der Waals surface area contributed by atoms with E-state index in [1.165, 1.54) is 24.1 Å². The monoisotopic (exact) mass is 405 g/mol. The summed E-state index contributed by atoms with van der Waals surface area (Å²) in [6, 6.07) is 10.9. The molecule has 2 fully saturated rings. The number of rotatable bonds is 5. The third-order valence-corrected chi connectivity index (χ3v) is 6.78. The molecule has 30 heavy (non-hydrogen) atoms. The number of aromatic amines is 1. The van der Waals surface area contributed by atoms with Crippen molar-refractivity contribution >= 4 is 16.9 Å². The zero-order chi connectivity index (χ0) is 20.1. The average Bonchev–Trinajstić information content (AvgIpc) is 3.35. The Morgan fingerprint density at radius 3 is 2.93 bits per heavy atom. The van der Waals surface area contributed by atoms with Crippen LogP contribution >= 0.6 is 0 Å². The molecule has 1 aliphatic carbocycles. The molecule has 4 heterocycles. The number of hydrogen-bond donors (Lipinski definition) is 2. The Balaban J connectivity index is 1.37. The first-order valence-corrected chi connectivity index (χ1v) is 10.9. The number of aromatic nitrogens is 3. The Hall–Kier alpha value is -2.64. The van der Waals surface area contributed by atoms with E-state index in [9.17, 15) is 0 Å². The topological polar surface area (TPSA) is 75.3 Å². The fraction of sp³-hybridized carbons (Fsp3) is 0.478. The van der Waals surface area contributed by atoms with Crippen LogP contribution in [0.4, 0.5) is 5.82 Å². The lowest BCUT2D eigenvalue weighted by molar-refractivity contribution is 0.0809. The average molecular weight is 406 g/mol. The summed E-state index contributed by atoms with van der Waals surface area (Å²) >= 11 is 0. The van der Waals surface area contributed by atoms with Crippen LogP contribution in [0, 0.1) is 0 Å². The third kappa shape index (κ3) is 3.13. The van der Waals surface area contributed by atoms with Crippen molar-refractivity contribution in [3.05, 3.63) is 47.9 Å². The van der Waals surface area contributed by atoms with Gasteiger partial charge in [0, 0.05) is 31.5 Å². The molecule has 0 spiro atoms. The van der Waals surface area contributed by atoms with Crippen LogP contribution in [-0.2, 0) is 4.74 Å². The number of fused-ring (bicyclic) bond motifs is 2. The molecule has 2 N–H and O–H groups in total. The summed E-state index contributed by atoms with van der Waals surface area (Å²) < 4.78 is 11.8. The van der Waals surface area contributed by atoms with E-state index < -0.39 is 0 Å². The summed E-state index contributed by atoms with van der Waals surface area (Å²) in [4.78, 5) is 15.1. The van der Waals surface area contributed by atoms with Gasteiger partial charge in [-0.1, -0.05) is 18.2 Å². The van der Waals surface area contributed by atoms with Gasteiger partial charge in [-0.05, 0) is 37.3 Å². The minimum absolute atomic E-state index is 0.0860. The molecule has 0 unspecified atom stereocenters. The number of para-hydroxylation sites is 1. The molecule has 1 saturated heterocycles. The van der Waals surface area contributed by atoms with Gasteiger partial charge in [-0.25, -0.2) is 9.97 Å². The molecule has 2 aromatic heterocycles. The van der Waals surface area contributed by atoms with Gasteiger partial charge in [0.2, 0.25) is 0 Å². The van der Waals surface area contributed by atoms with Crippen LogP contribution in [-0.4, -0.2) is 58.8 Å². The van der Waals surface area contributed by atoms with E-state index in [0.29, 0.717) is 18.6 Å². The standard InChI is InChI=1S/C23H27N5O2/c1-29-15-8-9-28(11-15)19-12-30-20-5-3-2-4-16(20)21(19)27-23-17-10-18(14-6-7-14)26-22(17)24-13-25-23/h2-5,10,13-15,19,21H,6-9,11-12H2,1H3,(H2,24,25,26,27)/t15-,19+,21+/m1/s1. The van der Waals surface area contributed by atoms with Crippen LogP contribution in [0.2, 0.25) is 0 Å². The van der Waals surface area contributed by atoms with Crippen molar-refractivity contribution in [3.63, 3.8) is 0 Å². The first kappa shape index (κ1) is 18.2. The maximum atomic E-state index is 6.16. The normalized spacial score (nSPS) is 26.5. The number of hydrogen-bond acceptors (Lipinski definition) is 6. The van der Waals surface area contributed by atoms with Gasteiger partial charge in [0.25, 0.3) is 0 Å². The van der Waals surface area contributed by atoms with Crippen LogP contribution in [0.15, 0.2) is 36.7 Å². The minimum atomic E-state index is 0.0860. The van der Waals surface area contributed by atoms with E-state index in [-0.39, 0.29) is 12.1 Å². The van der Waals surface area contributed by atoms with Crippen molar-refractivity contribution in [1.82, 2.24) is 19.9 Å². The van der Waals surface area contributed by atoms with E-state index >= 15 is 0 Å². The third-order valence-electron chi connectivity index (χ3n) is 6.78. The fourth-order valence-corrected chi connectivity index (χ4v) is 4.92. The molecular formula is C23H27N5O2. The summed E-state index contributed by atoms with van der Waals surface area (Å²) in [7, 11) is 1.80. The molecular weight excluding hydrogens is 378 g/mol. The number of anilines is 1. The number of nitrogens with zero attached hydrogens (tertiary/aromatic N) is 3. The molecule has 3 atom stereocenters. The lowest BCUT2D eigenvalue weighted by Crippen LogP contribution is -2.47. The lowest BCUT2D eigenvalue weighted by Gasteiger charge is -2.39. The van der Waals surface area contributed by atoms with E-state index in [1.54, 1.807) is 13.4 Å². The van der Waals surface area contributed by atoms with Crippen molar-refractivity contribution in [2.24, 2.45) is 0 Å². The fourth-order valence-electron chi connectivity index (χ4n) is 4.92. The molecule has 0 amide bonds. The van der Waals surface area contributed by atoms with E-state index in [0.717, 1.165) is 42.1 Å². The van der Waals surface area contributed by atoms with Gasteiger partial charge < -0.3 is 19.8 Å². The predicted octanol–water partition coefficient (Wildman–Crippen LogP) is 3.47. The zero-order valence-corrected chi connectivity index (χ0v) is 17.2. The molecule has 7 heteroatoms. The van der Waals surface area contributed by atoms with E-state index in [1.807, 2.05) is 6.07 Å². The highest BCUT2D eigenvalue weighted by atomic mass is 16.5. The zero-order valence-electron chi connectivity index (χ0n) is 17.2. The van der Waals surface area contributed by atoms with Crippen molar-refractivity contribution in [3.8, 4) is 5.75 Å². The molecule has 2 aliphatic heterocycles. The van der Waals surface area contributed by atoms with Gasteiger partial charge in [0.05, 0.1) is 23.6 Å². The Kier molecular flexibility index (Phi) is 4.39. The second-order valence-corrected chi connectivity index (χ2v) is 8.66. The molecule has 7 nitrogen and oxygen atoms in total. The summed E-state index contributed by atoms with van der Waals surface area (Å²) in [5.41, 5.74) is 3.37. The van der Waals surface area contributed by atoms with Crippen LogP contribution in [0.5, 0.6) is 5.75 Å². The highest BCUT2D eigenvalue weighted by molar-refractivity contribution is 5.88. The van der Waals surface area contributed by atoms with Gasteiger partial charge in [0.15, 0.2) is 0 Å². The maximum Gasteiger partial charge on any atom is 0.143 e. The predicted molar refractivity (Wildman–Crippen MR) is 115 cm³/mol. The van der Waals surface area contributed by atoms with Gasteiger partial charge >= 0.3 is 0 Å². The minimum Gasteiger partial charge on any atom is -0.491 e. The number of methoxy groups -OCH3 is 1. The second kappa shape index (κ2) is 7.25.